The van der Waals surface area contributed by atoms with Crippen molar-refractivity contribution < 1.29 is 9.50 Å². The van der Waals surface area contributed by atoms with Crippen LogP contribution in [0.1, 0.15) is 33.1 Å². The highest BCUT2D eigenvalue weighted by Gasteiger charge is 2.47. The summed E-state index contributed by atoms with van der Waals surface area (Å²) in [6.07, 6.45) is 8.41. The van der Waals surface area contributed by atoms with Crippen molar-refractivity contribution in [1.82, 2.24) is 19.0 Å². The van der Waals surface area contributed by atoms with E-state index in [-0.39, 0.29) is 17.0 Å². The number of rotatable bonds is 6. The van der Waals surface area contributed by atoms with E-state index in [1.54, 1.807) is 43.8 Å². The fourth-order valence-electron chi connectivity index (χ4n) is 6.86. The molecule has 220 valence electrons. The summed E-state index contributed by atoms with van der Waals surface area (Å²) < 4.78 is 18.0. The van der Waals surface area contributed by atoms with E-state index in [1.165, 1.54) is 34.1 Å². The van der Waals surface area contributed by atoms with Gasteiger partial charge in [-0.05, 0) is 75.5 Å². The van der Waals surface area contributed by atoms with Crippen LogP contribution in [-0.4, -0.2) is 62.4 Å². The third-order valence-electron chi connectivity index (χ3n) is 8.90. The molecule has 0 amide bonds. The molecule has 1 unspecified atom stereocenters. The molecule has 2 aliphatic rings. The number of nitrogens with zero attached hydrogens (tertiary/aromatic N) is 5. The molecular weight excluding hydrogens is 555 g/mol. The third-order valence-corrected chi connectivity index (χ3v) is 9.20. The fourth-order valence-corrected chi connectivity index (χ4v) is 7.13. The van der Waals surface area contributed by atoms with Gasteiger partial charge in [0.25, 0.3) is 0 Å². The lowest BCUT2D eigenvalue weighted by Crippen LogP contribution is -2.49. The Morgan fingerprint density at radius 3 is 2.48 bits per heavy atom. The largest absolute Gasteiger partial charge is 0.507 e. The van der Waals surface area contributed by atoms with Crippen LogP contribution < -0.4 is 15.9 Å². The lowest BCUT2D eigenvalue weighted by Gasteiger charge is -2.38. The first-order valence-corrected chi connectivity index (χ1v) is 14.8. The minimum Gasteiger partial charge on any atom is -0.507 e. The predicted molar refractivity (Wildman–Crippen MR) is 166 cm³/mol. The number of imidazole rings is 1. The summed E-state index contributed by atoms with van der Waals surface area (Å²) >= 11 is 6.58. The summed E-state index contributed by atoms with van der Waals surface area (Å²) in [6, 6.07) is 10.1. The van der Waals surface area contributed by atoms with Gasteiger partial charge < -0.3 is 19.9 Å². The number of aromatic nitrogens is 3. The number of phenolic OH excluding ortho intramolecular Hbond substituents is 1. The number of pyridine rings is 1. The van der Waals surface area contributed by atoms with Crippen LogP contribution >= 0.6 is 11.6 Å². The molecule has 10 heteroatoms. The monoisotopic (exact) mass is 590 g/mol. The van der Waals surface area contributed by atoms with Crippen LogP contribution in [0.3, 0.4) is 0 Å². The zero-order chi connectivity index (χ0) is 29.8. The first-order chi connectivity index (χ1) is 20.1. The molecule has 0 radical (unpaired) electrons. The van der Waals surface area contributed by atoms with E-state index in [0.29, 0.717) is 39.0 Å². The molecule has 4 aromatic rings. The average Bonchev–Trinajstić information content (AvgIpc) is 3.69. The van der Waals surface area contributed by atoms with Crippen molar-refractivity contribution in [1.29, 1.82) is 0 Å². The third kappa shape index (κ3) is 4.74. The summed E-state index contributed by atoms with van der Waals surface area (Å²) in [7, 11) is 3.51. The Morgan fingerprint density at radius 2 is 1.81 bits per heavy atom. The van der Waals surface area contributed by atoms with Crippen LogP contribution in [0.5, 0.6) is 5.75 Å². The Kier molecular flexibility index (Phi) is 7.27. The quantitative estimate of drug-likeness (QED) is 0.291. The molecule has 1 atom stereocenters. The highest BCUT2D eigenvalue weighted by molar-refractivity contribution is 6.32. The molecule has 6 rings (SSSR count). The highest BCUT2D eigenvalue weighted by atomic mass is 35.5. The lowest BCUT2D eigenvalue weighted by molar-refractivity contribution is 0.120. The normalized spacial score (nSPS) is 19.0. The second-order valence-corrected chi connectivity index (χ2v) is 12.1. The van der Waals surface area contributed by atoms with Crippen molar-refractivity contribution in [3.8, 4) is 33.7 Å². The summed E-state index contributed by atoms with van der Waals surface area (Å²) in [4.78, 5) is 22.1. The molecule has 0 aliphatic carbocycles. The van der Waals surface area contributed by atoms with Gasteiger partial charge in [-0.25, -0.2) is 14.2 Å². The highest BCUT2D eigenvalue weighted by Crippen LogP contribution is 2.44. The van der Waals surface area contributed by atoms with E-state index in [0.717, 1.165) is 37.6 Å². The number of likely N-dealkylation sites (tertiary alicyclic amines) is 1. The molecule has 2 aromatic heterocycles. The smallest absolute Gasteiger partial charge is 0.332 e. The van der Waals surface area contributed by atoms with Gasteiger partial charge in [0.2, 0.25) is 0 Å². The first-order valence-electron chi connectivity index (χ1n) is 14.4. The molecule has 42 heavy (non-hydrogen) atoms. The van der Waals surface area contributed by atoms with Gasteiger partial charge in [-0.15, -0.1) is 0 Å². The van der Waals surface area contributed by atoms with Crippen molar-refractivity contribution >= 4 is 23.1 Å². The Balaban J connectivity index is 1.37. The SMILES string of the molecule is CNc1ncc(-c2cc(F)cc(-c3ccc(-n4ccn(C)c4=O)c(Cl)c3)c2O)cc1N1CCC2(CCCN2C(C)C)C1. The van der Waals surface area contributed by atoms with E-state index < -0.39 is 5.82 Å². The predicted octanol–water partition coefficient (Wildman–Crippen LogP) is 5.90. The number of nitrogens with one attached hydrogen (secondary N) is 1. The summed E-state index contributed by atoms with van der Waals surface area (Å²) in [5.41, 5.74) is 3.16. The maximum absolute atomic E-state index is 15.1. The van der Waals surface area contributed by atoms with E-state index >= 15 is 4.39 Å². The van der Waals surface area contributed by atoms with Crippen LogP contribution in [0.15, 0.2) is 59.8 Å². The molecule has 1 spiro atoms. The average molecular weight is 591 g/mol. The summed E-state index contributed by atoms with van der Waals surface area (Å²) in [5, 5.41) is 15.0. The van der Waals surface area contributed by atoms with Crippen LogP contribution in [0.2, 0.25) is 5.02 Å². The van der Waals surface area contributed by atoms with Gasteiger partial charge in [0.05, 0.1) is 16.4 Å². The van der Waals surface area contributed by atoms with Crippen molar-refractivity contribution in [3.63, 3.8) is 0 Å². The Labute approximate surface area is 250 Å². The van der Waals surface area contributed by atoms with Crippen LogP contribution in [-0.2, 0) is 7.05 Å². The van der Waals surface area contributed by atoms with E-state index in [2.05, 4.69) is 33.9 Å². The van der Waals surface area contributed by atoms with Crippen LogP contribution in [0, 0.1) is 5.82 Å². The van der Waals surface area contributed by atoms with Crippen molar-refractivity contribution in [2.75, 3.05) is 36.9 Å². The number of aromatic hydroxyl groups is 1. The molecule has 2 aromatic carbocycles. The van der Waals surface area contributed by atoms with Gasteiger partial charge in [0.1, 0.15) is 17.4 Å². The van der Waals surface area contributed by atoms with Gasteiger partial charge >= 0.3 is 5.69 Å². The Morgan fingerprint density at radius 1 is 1.05 bits per heavy atom. The van der Waals surface area contributed by atoms with Gasteiger partial charge in [0.15, 0.2) is 0 Å². The minimum atomic E-state index is -0.491. The molecule has 0 bridgehead atoms. The molecule has 4 heterocycles. The summed E-state index contributed by atoms with van der Waals surface area (Å²) in [6.45, 7) is 7.46. The number of anilines is 2. The minimum absolute atomic E-state index is 0.0679. The van der Waals surface area contributed by atoms with Crippen molar-refractivity contribution in [2.45, 2.75) is 44.7 Å². The van der Waals surface area contributed by atoms with Crippen molar-refractivity contribution in [3.05, 3.63) is 76.3 Å². The maximum atomic E-state index is 15.1. The molecule has 2 aliphatic heterocycles. The van der Waals surface area contributed by atoms with Crippen LogP contribution in [0.4, 0.5) is 15.9 Å². The van der Waals surface area contributed by atoms with Gasteiger partial charge in [-0.3, -0.25) is 9.47 Å². The number of hydrogen-bond donors (Lipinski definition) is 2. The van der Waals surface area contributed by atoms with Crippen molar-refractivity contribution in [2.24, 2.45) is 7.05 Å². The standard InChI is InChI=1S/C32H36ClFN6O2/c1-20(2)40-10-5-8-32(40)9-11-38(19-32)28-15-22(18-36-30(28)35-3)25-17-23(34)16-24(29(25)41)21-6-7-27(26(33)14-21)39-13-12-37(4)31(39)42/h6-7,12-18,20,41H,5,8-11,19H2,1-4H3,(H,35,36). The number of aryl methyl sites for hydroxylation is 1. The zero-order valence-electron chi connectivity index (χ0n) is 24.4. The molecule has 8 nitrogen and oxygen atoms in total. The lowest BCUT2D eigenvalue weighted by atomic mass is 9.94. The van der Waals surface area contributed by atoms with E-state index in [4.69, 9.17) is 11.6 Å². The second-order valence-electron chi connectivity index (χ2n) is 11.7. The van der Waals surface area contributed by atoms with E-state index in [9.17, 15) is 9.90 Å². The molecule has 0 saturated carbocycles. The fraction of sp³-hybridized carbons (Fsp3) is 0.375. The first kappa shape index (κ1) is 28.3. The molecule has 2 fully saturated rings. The number of hydrogen-bond acceptors (Lipinski definition) is 6. The molecule has 2 saturated heterocycles. The maximum Gasteiger partial charge on any atom is 0.332 e. The van der Waals surface area contributed by atoms with Gasteiger partial charge in [0, 0.05) is 74.0 Å². The van der Waals surface area contributed by atoms with Gasteiger partial charge in [-0.1, -0.05) is 17.7 Å². The second kappa shape index (κ2) is 10.8. The van der Waals surface area contributed by atoms with Gasteiger partial charge in [-0.2, -0.15) is 0 Å². The topological polar surface area (TPSA) is 78.6 Å². The van der Waals surface area contributed by atoms with E-state index in [1.807, 2.05) is 13.1 Å². The summed E-state index contributed by atoms with van der Waals surface area (Å²) in [5.74, 6) is 0.191. The molecular formula is C32H36ClFN6O2. The Bertz CT molecular complexity index is 1720. The molecule has 2 N–H and O–H groups in total. The number of halogens is 2. The van der Waals surface area contributed by atoms with Crippen LogP contribution in [0.25, 0.3) is 27.9 Å². The zero-order valence-corrected chi connectivity index (χ0v) is 25.1. The number of phenols is 1. The number of benzene rings is 2. The Hall–Kier alpha value is -3.82.